The molecule has 0 unspecified atom stereocenters. The lowest BCUT2D eigenvalue weighted by Gasteiger charge is -2.34. The highest BCUT2D eigenvalue weighted by atomic mass is 16.4. The Balaban J connectivity index is 1.18. The molecule has 1 aliphatic heterocycles. The quantitative estimate of drug-likeness (QED) is 0.208. The maximum Gasteiger partial charge on any atom is 0.306 e. The Kier molecular flexibility index (Phi) is 9.06. The minimum atomic E-state index is -0.647. The fourth-order valence-corrected chi connectivity index (χ4v) is 8.86. The van der Waals surface area contributed by atoms with Crippen LogP contribution in [0.1, 0.15) is 99.1 Å². The van der Waals surface area contributed by atoms with Gasteiger partial charge in [0.05, 0.1) is 17.7 Å². The number of hydrogen-bond acceptors (Lipinski definition) is 6. The molecule has 4 aliphatic rings. The number of aromatic nitrogens is 2. The SMILES string of the molecule is CC[C@@H](Nc1nc2c(c(N[C@@H](CN3C[C@@H]4CC[C@@H]3C4)c3ccccc3)n1)C[C@H](c1ccccc1)CC2)C1CCC(C(=O)O)CC1. The van der Waals surface area contributed by atoms with Crippen molar-refractivity contribution in [3.8, 4) is 0 Å². The van der Waals surface area contributed by atoms with Crippen molar-refractivity contribution in [2.45, 2.75) is 102 Å². The number of fused-ring (bicyclic) bond motifs is 3. The van der Waals surface area contributed by atoms with Crippen LogP contribution in [0.15, 0.2) is 60.7 Å². The van der Waals surface area contributed by atoms with E-state index in [1.54, 1.807) is 0 Å². The van der Waals surface area contributed by atoms with Crippen molar-refractivity contribution in [2.75, 3.05) is 23.7 Å². The molecule has 2 aromatic carbocycles. The molecule has 1 aromatic heterocycles. The van der Waals surface area contributed by atoms with Crippen LogP contribution >= 0.6 is 0 Å². The van der Waals surface area contributed by atoms with Gasteiger partial charge in [-0.25, -0.2) is 4.98 Å². The van der Waals surface area contributed by atoms with Crippen molar-refractivity contribution >= 4 is 17.7 Å². The first-order chi connectivity index (χ1) is 22.0. The van der Waals surface area contributed by atoms with E-state index in [1.807, 2.05) is 0 Å². The Morgan fingerprint density at radius 2 is 1.69 bits per heavy atom. The standard InChI is InChI=1S/C38H49N5O2/c1-2-33(28-14-16-29(17-15-28)37(44)45)40-38-41-34-20-18-30(26-9-5-3-6-10-26)22-32(34)36(42-38)39-35(27-11-7-4-8-12-27)24-43-23-25-13-19-31(43)21-25/h3-12,25,28-31,33,35H,2,13-24H2,1H3,(H,44,45)(H2,39,40,41,42)/t25-,28?,29?,30-,31-,33-,35+/m1/s1. The monoisotopic (exact) mass is 607 g/mol. The van der Waals surface area contributed by atoms with Crippen LogP contribution in [0.5, 0.6) is 0 Å². The van der Waals surface area contributed by atoms with Crippen molar-refractivity contribution in [3.63, 3.8) is 0 Å². The van der Waals surface area contributed by atoms with Gasteiger partial charge in [0.2, 0.25) is 5.95 Å². The number of hydrogen-bond donors (Lipinski definition) is 3. The van der Waals surface area contributed by atoms with Gasteiger partial charge in [-0.1, -0.05) is 67.6 Å². The van der Waals surface area contributed by atoms with Gasteiger partial charge < -0.3 is 15.7 Å². The van der Waals surface area contributed by atoms with Gasteiger partial charge in [-0.05, 0) is 99.5 Å². The number of carboxylic acid groups (broad SMARTS) is 1. The van der Waals surface area contributed by atoms with Crippen molar-refractivity contribution in [2.24, 2.45) is 17.8 Å². The second kappa shape index (κ2) is 13.5. The normalized spacial score (nSPS) is 27.4. The summed E-state index contributed by atoms with van der Waals surface area (Å²) >= 11 is 0. The molecule has 45 heavy (non-hydrogen) atoms. The molecular formula is C38H49N5O2. The molecule has 7 rings (SSSR count). The van der Waals surface area contributed by atoms with E-state index in [-0.39, 0.29) is 18.0 Å². The van der Waals surface area contributed by atoms with Gasteiger partial charge in [0.25, 0.3) is 0 Å². The Bertz CT molecular complexity index is 1440. The topological polar surface area (TPSA) is 90.4 Å². The van der Waals surface area contributed by atoms with Gasteiger partial charge in [-0.15, -0.1) is 0 Å². The summed E-state index contributed by atoms with van der Waals surface area (Å²) < 4.78 is 0. The maximum atomic E-state index is 11.6. The average Bonchev–Trinajstić information content (AvgIpc) is 3.71. The number of benzene rings is 2. The van der Waals surface area contributed by atoms with Gasteiger partial charge in [0.15, 0.2) is 0 Å². The molecular weight excluding hydrogens is 558 g/mol. The molecule has 3 N–H and O–H groups in total. The minimum absolute atomic E-state index is 0.141. The Morgan fingerprint density at radius 1 is 0.933 bits per heavy atom. The van der Waals surface area contributed by atoms with Gasteiger partial charge in [-0.2, -0.15) is 4.98 Å². The van der Waals surface area contributed by atoms with E-state index in [4.69, 9.17) is 9.97 Å². The van der Waals surface area contributed by atoms with Gasteiger partial charge >= 0.3 is 5.97 Å². The van der Waals surface area contributed by atoms with Crippen molar-refractivity contribution in [1.29, 1.82) is 0 Å². The summed E-state index contributed by atoms with van der Waals surface area (Å²) in [5.74, 6) is 2.60. The van der Waals surface area contributed by atoms with Crippen LogP contribution in [0, 0.1) is 17.8 Å². The minimum Gasteiger partial charge on any atom is -0.481 e. The van der Waals surface area contributed by atoms with Crippen LogP contribution < -0.4 is 10.6 Å². The molecule has 7 heteroatoms. The van der Waals surface area contributed by atoms with Crippen LogP contribution in [0.4, 0.5) is 11.8 Å². The van der Waals surface area contributed by atoms with Crippen LogP contribution in [0.2, 0.25) is 0 Å². The Morgan fingerprint density at radius 3 is 2.36 bits per heavy atom. The molecule has 3 aliphatic carbocycles. The molecule has 5 atom stereocenters. The summed E-state index contributed by atoms with van der Waals surface area (Å²) in [6, 6.07) is 22.9. The van der Waals surface area contributed by atoms with Crippen LogP contribution in [0.3, 0.4) is 0 Å². The number of anilines is 2. The van der Waals surface area contributed by atoms with E-state index in [1.165, 1.54) is 48.2 Å². The van der Waals surface area contributed by atoms with Gasteiger partial charge in [-0.3, -0.25) is 9.69 Å². The van der Waals surface area contributed by atoms with E-state index in [0.29, 0.717) is 23.8 Å². The molecule has 0 spiro atoms. The fourth-order valence-electron chi connectivity index (χ4n) is 8.86. The van der Waals surface area contributed by atoms with Gasteiger partial charge in [0, 0.05) is 30.7 Å². The summed E-state index contributed by atoms with van der Waals surface area (Å²) in [5.41, 5.74) is 5.13. The summed E-state index contributed by atoms with van der Waals surface area (Å²) in [5, 5.41) is 17.3. The van der Waals surface area contributed by atoms with Gasteiger partial charge in [0.1, 0.15) is 5.82 Å². The first-order valence-electron chi connectivity index (χ1n) is 17.5. The molecule has 3 fully saturated rings. The average molecular weight is 608 g/mol. The number of aryl methyl sites for hydroxylation is 1. The highest BCUT2D eigenvalue weighted by Crippen LogP contribution is 2.40. The summed E-state index contributed by atoms with van der Waals surface area (Å²) in [7, 11) is 0. The highest BCUT2D eigenvalue weighted by Gasteiger charge is 2.39. The van der Waals surface area contributed by atoms with Crippen molar-refractivity contribution < 1.29 is 9.90 Å². The largest absolute Gasteiger partial charge is 0.481 e. The number of nitrogens with zero attached hydrogens (tertiary/aromatic N) is 3. The molecule has 7 nitrogen and oxygen atoms in total. The predicted octanol–water partition coefficient (Wildman–Crippen LogP) is 7.47. The molecule has 2 saturated carbocycles. The van der Waals surface area contributed by atoms with Crippen LogP contribution in [-0.2, 0) is 17.6 Å². The lowest BCUT2D eigenvalue weighted by molar-refractivity contribution is -0.143. The predicted molar refractivity (Wildman–Crippen MR) is 180 cm³/mol. The second-order valence-corrected chi connectivity index (χ2v) is 14.2. The number of nitrogens with one attached hydrogen (secondary N) is 2. The second-order valence-electron chi connectivity index (χ2n) is 14.2. The number of aliphatic carboxylic acids is 1. The van der Waals surface area contributed by atoms with E-state index < -0.39 is 5.97 Å². The first-order valence-corrected chi connectivity index (χ1v) is 17.5. The number of carboxylic acids is 1. The molecule has 0 radical (unpaired) electrons. The van der Waals surface area contributed by atoms with E-state index in [2.05, 4.69) is 83.1 Å². The van der Waals surface area contributed by atoms with Crippen LogP contribution in [-0.4, -0.2) is 51.1 Å². The summed E-state index contributed by atoms with van der Waals surface area (Å²) in [6.45, 7) is 4.42. The molecule has 2 bridgehead atoms. The highest BCUT2D eigenvalue weighted by molar-refractivity contribution is 5.70. The van der Waals surface area contributed by atoms with E-state index >= 15 is 0 Å². The molecule has 238 valence electrons. The van der Waals surface area contributed by atoms with E-state index in [9.17, 15) is 9.90 Å². The first kappa shape index (κ1) is 30.2. The maximum absolute atomic E-state index is 11.6. The molecule has 2 heterocycles. The third-order valence-electron chi connectivity index (χ3n) is 11.4. The zero-order valence-electron chi connectivity index (χ0n) is 26.7. The zero-order chi connectivity index (χ0) is 30.8. The number of rotatable bonds is 11. The number of carbonyl (C=O) groups is 1. The molecule has 3 aromatic rings. The Labute approximate surface area is 268 Å². The number of likely N-dealkylation sites (tertiary alicyclic amines) is 1. The third kappa shape index (κ3) is 6.74. The van der Waals surface area contributed by atoms with E-state index in [0.717, 1.165) is 69.6 Å². The van der Waals surface area contributed by atoms with Crippen molar-refractivity contribution in [3.05, 3.63) is 83.0 Å². The zero-order valence-corrected chi connectivity index (χ0v) is 26.7. The van der Waals surface area contributed by atoms with Crippen molar-refractivity contribution in [1.82, 2.24) is 14.9 Å². The smallest absolute Gasteiger partial charge is 0.306 e. The summed E-state index contributed by atoms with van der Waals surface area (Å²) in [4.78, 5) is 24.7. The Hall–Kier alpha value is -3.45. The molecule has 1 saturated heterocycles. The fraction of sp³-hybridized carbons (Fsp3) is 0.553. The lowest BCUT2D eigenvalue weighted by Crippen LogP contribution is -2.38. The van der Waals surface area contributed by atoms with Crippen LogP contribution in [0.25, 0.3) is 0 Å². The molecule has 0 amide bonds. The summed E-state index contributed by atoms with van der Waals surface area (Å²) in [6.07, 6.45) is 11.4. The lowest BCUT2D eigenvalue weighted by atomic mass is 9.78. The third-order valence-corrected chi connectivity index (χ3v) is 11.4. The number of piperidine rings is 1.